The standard InChI is InChI=1S/C29H28ClFN2O3S/c1-35-23-14-13-18(21-10-7-15-32-28(21)36-2)16-19(23)17-33(20-8-4-3-5-9-20)29(34)27-26(30)25-22(31)11-6-12-24(25)37-27/h6-7,10-16,20H,3-5,8-9,17H2,1-2H3. The van der Waals surface area contributed by atoms with E-state index in [-0.39, 0.29) is 17.0 Å². The van der Waals surface area contributed by atoms with Gasteiger partial charge in [0.15, 0.2) is 0 Å². The number of benzene rings is 2. The predicted octanol–water partition coefficient (Wildman–Crippen LogP) is 7.75. The van der Waals surface area contributed by atoms with Crippen molar-refractivity contribution in [2.45, 2.75) is 44.7 Å². The van der Waals surface area contributed by atoms with Crippen LogP contribution in [0.5, 0.6) is 11.6 Å². The van der Waals surface area contributed by atoms with E-state index in [1.165, 1.54) is 17.4 Å². The number of amides is 1. The molecule has 0 N–H and O–H groups in total. The maximum atomic E-state index is 14.6. The first kappa shape index (κ1) is 25.5. The summed E-state index contributed by atoms with van der Waals surface area (Å²) in [6.07, 6.45) is 6.81. The quantitative estimate of drug-likeness (QED) is 0.241. The van der Waals surface area contributed by atoms with E-state index in [0.29, 0.717) is 33.1 Å². The van der Waals surface area contributed by atoms with Crippen LogP contribution < -0.4 is 9.47 Å². The van der Waals surface area contributed by atoms with Gasteiger partial charge in [0.2, 0.25) is 5.88 Å². The number of hydrogen-bond acceptors (Lipinski definition) is 5. The Kier molecular flexibility index (Phi) is 7.63. The van der Waals surface area contributed by atoms with Gasteiger partial charge in [0.25, 0.3) is 5.91 Å². The van der Waals surface area contributed by atoms with E-state index in [4.69, 9.17) is 21.1 Å². The minimum absolute atomic E-state index is 0.0636. The van der Waals surface area contributed by atoms with Crippen molar-refractivity contribution < 1.29 is 18.7 Å². The lowest BCUT2D eigenvalue weighted by molar-refractivity contribution is 0.0618. The second-order valence-electron chi connectivity index (χ2n) is 9.17. The van der Waals surface area contributed by atoms with Crippen LogP contribution in [0.3, 0.4) is 0 Å². The van der Waals surface area contributed by atoms with Crippen molar-refractivity contribution in [1.82, 2.24) is 9.88 Å². The first-order valence-corrected chi connectivity index (χ1v) is 13.5. The average Bonchev–Trinajstić information content (AvgIpc) is 3.29. The monoisotopic (exact) mass is 538 g/mol. The van der Waals surface area contributed by atoms with E-state index in [0.717, 1.165) is 48.8 Å². The van der Waals surface area contributed by atoms with Gasteiger partial charge in [-0.2, -0.15) is 0 Å². The van der Waals surface area contributed by atoms with Crippen LogP contribution in [0.15, 0.2) is 54.7 Å². The van der Waals surface area contributed by atoms with Crippen LogP contribution in [0.25, 0.3) is 21.2 Å². The summed E-state index contributed by atoms with van der Waals surface area (Å²) in [7, 11) is 3.22. The zero-order valence-electron chi connectivity index (χ0n) is 20.8. The van der Waals surface area contributed by atoms with Crippen LogP contribution >= 0.6 is 22.9 Å². The Morgan fingerprint density at radius 1 is 1.11 bits per heavy atom. The first-order chi connectivity index (χ1) is 18.0. The summed E-state index contributed by atoms with van der Waals surface area (Å²) in [5, 5.41) is 0.495. The number of carbonyl (C=O) groups excluding carboxylic acids is 1. The van der Waals surface area contributed by atoms with Crippen LogP contribution in [0.1, 0.15) is 47.3 Å². The van der Waals surface area contributed by atoms with Gasteiger partial charge in [-0.25, -0.2) is 9.37 Å². The van der Waals surface area contributed by atoms with E-state index in [9.17, 15) is 9.18 Å². The highest BCUT2D eigenvalue weighted by molar-refractivity contribution is 7.21. The predicted molar refractivity (Wildman–Crippen MR) is 146 cm³/mol. The Morgan fingerprint density at radius 2 is 1.92 bits per heavy atom. The van der Waals surface area contributed by atoms with Crippen molar-refractivity contribution in [3.63, 3.8) is 0 Å². The van der Waals surface area contributed by atoms with Crippen molar-refractivity contribution in [3.05, 3.63) is 76.0 Å². The number of carbonyl (C=O) groups is 1. The van der Waals surface area contributed by atoms with Gasteiger partial charge in [-0.05, 0) is 54.8 Å². The molecule has 0 unspecified atom stereocenters. The Bertz CT molecular complexity index is 1430. The SMILES string of the molecule is COc1ccc(-c2cccnc2OC)cc1CN(C(=O)c1sc2cccc(F)c2c1Cl)C1CCCCC1. The molecule has 0 atom stereocenters. The van der Waals surface area contributed by atoms with Crippen molar-refractivity contribution in [1.29, 1.82) is 0 Å². The third kappa shape index (κ3) is 5.03. The highest BCUT2D eigenvalue weighted by atomic mass is 35.5. The lowest BCUT2D eigenvalue weighted by Gasteiger charge is -2.34. The normalized spacial score (nSPS) is 14.1. The Hall–Kier alpha value is -3.16. The summed E-state index contributed by atoms with van der Waals surface area (Å²) < 4.78 is 26.4. The summed E-state index contributed by atoms with van der Waals surface area (Å²) in [6.45, 7) is 0.343. The third-order valence-corrected chi connectivity index (χ3v) is 8.61. The minimum atomic E-state index is -0.415. The number of fused-ring (bicyclic) bond motifs is 1. The molecule has 0 spiro atoms. The van der Waals surface area contributed by atoms with Crippen molar-refractivity contribution in [3.8, 4) is 22.8 Å². The fourth-order valence-electron chi connectivity index (χ4n) is 5.12. The molecular formula is C29H28ClFN2O3S. The smallest absolute Gasteiger partial charge is 0.266 e. The first-order valence-electron chi connectivity index (χ1n) is 12.4. The van der Waals surface area contributed by atoms with Gasteiger partial charge >= 0.3 is 0 Å². The van der Waals surface area contributed by atoms with Crippen LogP contribution in [-0.4, -0.2) is 36.1 Å². The molecule has 5 rings (SSSR count). The highest BCUT2D eigenvalue weighted by Crippen LogP contribution is 2.39. The number of pyridine rings is 1. The fourth-order valence-corrected chi connectivity index (χ4v) is 6.63. The maximum Gasteiger partial charge on any atom is 0.266 e. The summed E-state index contributed by atoms with van der Waals surface area (Å²) in [5.41, 5.74) is 2.64. The van der Waals surface area contributed by atoms with E-state index in [1.54, 1.807) is 32.5 Å². The molecule has 1 fully saturated rings. The van der Waals surface area contributed by atoms with Crippen molar-refractivity contribution in [2.24, 2.45) is 0 Å². The molecule has 2 aromatic heterocycles. The number of ether oxygens (including phenoxy) is 2. The number of thiophene rings is 1. The van der Waals surface area contributed by atoms with E-state index in [2.05, 4.69) is 4.98 Å². The van der Waals surface area contributed by atoms with Crippen molar-refractivity contribution in [2.75, 3.05) is 14.2 Å². The third-order valence-electron chi connectivity index (χ3n) is 6.97. The molecule has 0 radical (unpaired) electrons. The van der Waals surface area contributed by atoms with Gasteiger partial charge in [0, 0.05) is 40.0 Å². The molecule has 0 bridgehead atoms. The molecule has 1 aliphatic rings. The fraction of sp³-hybridized carbons (Fsp3) is 0.310. The topological polar surface area (TPSA) is 51.7 Å². The number of aromatic nitrogens is 1. The van der Waals surface area contributed by atoms with Crippen LogP contribution in [0, 0.1) is 5.82 Å². The Labute approximate surface area is 224 Å². The largest absolute Gasteiger partial charge is 0.496 e. The maximum absolute atomic E-state index is 14.6. The van der Waals surface area contributed by atoms with Crippen LogP contribution in [0.2, 0.25) is 5.02 Å². The van der Waals surface area contributed by atoms with Crippen LogP contribution in [-0.2, 0) is 6.54 Å². The average molecular weight is 539 g/mol. The number of halogens is 2. The van der Waals surface area contributed by atoms with E-state index < -0.39 is 5.82 Å². The van der Waals surface area contributed by atoms with Gasteiger partial charge in [-0.15, -0.1) is 11.3 Å². The molecule has 5 nitrogen and oxygen atoms in total. The molecule has 4 aromatic rings. The Balaban J connectivity index is 1.56. The zero-order chi connectivity index (χ0) is 25.9. The second kappa shape index (κ2) is 11.1. The molecule has 37 heavy (non-hydrogen) atoms. The highest BCUT2D eigenvalue weighted by Gasteiger charge is 2.31. The number of methoxy groups -OCH3 is 2. The lowest BCUT2D eigenvalue weighted by atomic mass is 9.93. The molecule has 2 aromatic carbocycles. The summed E-state index contributed by atoms with van der Waals surface area (Å²) in [5.74, 6) is 0.623. The molecule has 0 aliphatic heterocycles. The van der Waals surface area contributed by atoms with Gasteiger partial charge in [-0.1, -0.05) is 43.0 Å². The van der Waals surface area contributed by atoms with Gasteiger partial charge in [0.1, 0.15) is 16.4 Å². The van der Waals surface area contributed by atoms with E-state index >= 15 is 0 Å². The number of hydrogen-bond donors (Lipinski definition) is 0. The Morgan fingerprint density at radius 3 is 2.65 bits per heavy atom. The second-order valence-corrected chi connectivity index (χ2v) is 10.6. The summed E-state index contributed by atoms with van der Waals surface area (Å²) >= 11 is 7.86. The van der Waals surface area contributed by atoms with Crippen LogP contribution in [0.4, 0.5) is 4.39 Å². The molecule has 8 heteroatoms. The molecule has 2 heterocycles. The lowest BCUT2D eigenvalue weighted by Crippen LogP contribution is -2.40. The van der Waals surface area contributed by atoms with Gasteiger partial charge in [0.05, 0.1) is 19.2 Å². The molecule has 192 valence electrons. The molecule has 1 aliphatic carbocycles. The summed E-state index contributed by atoms with van der Waals surface area (Å²) in [6, 6.07) is 14.6. The minimum Gasteiger partial charge on any atom is -0.496 e. The van der Waals surface area contributed by atoms with E-state index in [1.807, 2.05) is 35.2 Å². The zero-order valence-corrected chi connectivity index (χ0v) is 22.4. The van der Waals surface area contributed by atoms with Crippen molar-refractivity contribution >= 4 is 38.9 Å². The molecule has 1 amide bonds. The number of rotatable bonds is 7. The molecule has 0 saturated heterocycles. The number of nitrogens with zero attached hydrogens (tertiary/aromatic N) is 2. The molecular weight excluding hydrogens is 511 g/mol. The molecule has 1 saturated carbocycles. The summed E-state index contributed by atoms with van der Waals surface area (Å²) in [4.78, 5) is 20.7. The van der Waals surface area contributed by atoms with Gasteiger partial charge < -0.3 is 14.4 Å². The van der Waals surface area contributed by atoms with Gasteiger partial charge in [-0.3, -0.25) is 4.79 Å².